The Morgan fingerprint density at radius 3 is 2.38 bits per heavy atom. The molecule has 0 radical (unpaired) electrons. The quantitative estimate of drug-likeness (QED) is 0.732. The fourth-order valence-electron chi connectivity index (χ4n) is 2.83. The van der Waals surface area contributed by atoms with Crippen LogP contribution >= 0.6 is 11.5 Å². The van der Waals surface area contributed by atoms with E-state index in [0.717, 1.165) is 34.2 Å². The monoisotopic (exact) mass is 404 g/mol. The fourth-order valence-corrected chi connectivity index (χ4v) is 5.10. The maximum Gasteiger partial charge on any atom is 0.246 e. The van der Waals surface area contributed by atoms with Crippen LogP contribution in [0.25, 0.3) is 0 Å². The molecule has 1 saturated carbocycles. The first-order chi connectivity index (χ1) is 12.4. The van der Waals surface area contributed by atoms with Crippen LogP contribution in [0, 0.1) is 17.5 Å². The molecule has 1 aromatic heterocycles. The number of halogens is 3. The lowest BCUT2D eigenvalue weighted by Crippen LogP contribution is -2.48. The molecule has 6 nitrogen and oxygen atoms in total. The van der Waals surface area contributed by atoms with Crippen LogP contribution in [0.2, 0.25) is 0 Å². The summed E-state index contributed by atoms with van der Waals surface area (Å²) in [7, 11) is -4.24. The van der Waals surface area contributed by atoms with Crippen molar-refractivity contribution >= 4 is 26.7 Å². The van der Waals surface area contributed by atoms with Crippen LogP contribution in [0.3, 0.4) is 0 Å². The average Bonchev–Trinajstić information content (AvgIpc) is 3.36. The molecular formula is C15H15F3N4O2S2. The Morgan fingerprint density at radius 1 is 1.04 bits per heavy atom. The molecule has 2 heterocycles. The molecule has 4 rings (SSSR count). The molecule has 0 unspecified atom stereocenters. The molecule has 1 saturated heterocycles. The molecule has 1 aliphatic carbocycles. The lowest BCUT2D eigenvalue weighted by atomic mass is 10.3. The molecule has 2 aromatic rings. The Balaban J connectivity index is 1.49. The summed E-state index contributed by atoms with van der Waals surface area (Å²) in [5.41, 5.74) is 0. The third-order valence-corrected chi connectivity index (χ3v) is 7.21. The van der Waals surface area contributed by atoms with Crippen molar-refractivity contribution in [1.82, 2.24) is 13.7 Å². The second-order valence-electron chi connectivity index (χ2n) is 6.27. The van der Waals surface area contributed by atoms with Crippen molar-refractivity contribution in [3.8, 4) is 0 Å². The van der Waals surface area contributed by atoms with E-state index in [9.17, 15) is 21.6 Å². The normalized spacial score (nSPS) is 19.1. The van der Waals surface area contributed by atoms with Gasteiger partial charge >= 0.3 is 0 Å². The Bertz CT molecular complexity index is 938. The predicted molar refractivity (Wildman–Crippen MR) is 89.2 cm³/mol. The van der Waals surface area contributed by atoms with Gasteiger partial charge in [-0.2, -0.15) is 8.68 Å². The molecule has 0 atom stereocenters. The first kappa shape index (κ1) is 17.7. The van der Waals surface area contributed by atoms with Crippen molar-refractivity contribution in [2.75, 3.05) is 31.1 Å². The highest BCUT2D eigenvalue weighted by Gasteiger charge is 2.34. The van der Waals surface area contributed by atoms with Crippen molar-refractivity contribution in [3.63, 3.8) is 0 Å². The van der Waals surface area contributed by atoms with E-state index < -0.39 is 32.4 Å². The molecule has 1 aromatic carbocycles. The minimum atomic E-state index is -4.24. The van der Waals surface area contributed by atoms with Crippen molar-refractivity contribution in [3.05, 3.63) is 35.4 Å². The summed E-state index contributed by atoms with van der Waals surface area (Å²) in [6.07, 6.45) is 2.20. The smallest absolute Gasteiger partial charge is 0.246 e. The third kappa shape index (κ3) is 3.08. The number of nitrogens with zero attached hydrogens (tertiary/aromatic N) is 4. The van der Waals surface area contributed by atoms with Gasteiger partial charge in [-0.15, -0.1) is 0 Å². The van der Waals surface area contributed by atoms with Crippen molar-refractivity contribution in [2.24, 2.45) is 0 Å². The van der Waals surface area contributed by atoms with E-state index >= 15 is 0 Å². The standard InChI is InChI=1S/C15H15F3N4O2S2/c16-10-3-4-11(13(18)12(10)17)26(23,24)22-7-5-21(6-8-22)15-19-14(20-25-15)9-1-2-9/h3-4,9H,1-2,5-8H2. The maximum absolute atomic E-state index is 13.9. The predicted octanol–water partition coefficient (Wildman–Crippen LogP) is 2.34. The summed E-state index contributed by atoms with van der Waals surface area (Å²) in [4.78, 5) is 5.57. The average molecular weight is 404 g/mol. The molecule has 0 amide bonds. The SMILES string of the molecule is O=S(=O)(c1ccc(F)c(F)c1F)N1CCN(c2nc(C3CC3)ns2)CC1. The Labute approximate surface area is 152 Å². The van der Waals surface area contributed by atoms with Gasteiger partial charge in [-0.3, -0.25) is 0 Å². The van der Waals surface area contributed by atoms with Gasteiger partial charge in [0.2, 0.25) is 15.2 Å². The van der Waals surface area contributed by atoms with E-state index in [4.69, 9.17) is 0 Å². The van der Waals surface area contributed by atoms with Gasteiger partial charge < -0.3 is 4.90 Å². The van der Waals surface area contributed by atoms with Crippen molar-refractivity contribution < 1.29 is 21.6 Å². The van der Waals surface area contributed by atoms with Crippen LogP contribution in [-0.4, -0.2) is 48.3 Å². The molecule has 0 N–H and O–H groups in total. The molecule has 26 heavy (non-hydrogen) atoms. The first-order valence-electron chi connectivity index (χ1n) is 8.10. The number of anilines is 1. The van der Waals surface area contributed by atoms with Gasteiger partial charge in [0, 0.05) is 43.6 Å². The van der Waals surface area contributed by atoms with E-state index in [0.29, 0.717) is 25.1 Å². The van der Waals surface area contributed by atoms with E-state index in [1.54, 1.807) is 0 Å². The van der Waals surface area contributed by atoms with Gasteiger partial charge in [0.25, 0.3) is 0 Å². The molecule has 0 spiro atoms. The number of hydrogen-bond acceptors (Lipinski definition) is 6. The summed E-state index contributed by atoms with van der Waals surface area (Å²) in [5.74, 6) is -3.62. The molecule has 0 bridgehead atoms. The van der Waals surface area contributed by atoms with Gasteiger partial charge in [0.1, 0.15) is 10.7 Å². The van der Waals surface area contributed by atoms with Gasteiger partial charge in [-0.05, 0) is 25.0 Å². The zero-order valence-corrected chi connectivity index (χ0v) is 15.2. The summed E-state index contributed by atoms with van der Waals surface area (Å²) in [6, 6.07) is 1.37. The summed E-state index contributed by atoms with van der Waals surface area (Å²) in [6.45, 7) is 0.922. The van der Waals surface area contributed by atoms with Crippen molar-refractivity contribution in [1.29, 1.82) is 0 Å². The molecule has 140 valence electrons. The highest BCUT2D eigenvalue weighted by molar-refractivity contribution is 7.89. The number of piperazine rings is 1. The van der Waals surface area contributed by atoms with E-state index in [2.05, 4.69) is 9.36 Å². The van der Waals surface area contributed by atoms with E-state index in [1.807, 2.05) is 4.90 Å². The summed E-state index contributed by atoms with van der Waals surface area (Å²) >= 11 is 1.28. The number of hydrogen-bond donors (Lipinski definition) is 0. The minimum absolute atomic E-state index is 0.0963. The zero-order chi connectivity index (χ0) is 18.5. The van der Waals surface area contributed by atoms with Crippen molar-refractivity contribution in [2.45, 2.75) is 23.7 Å². The van der Waals surface area contributed by atoms with Gasteiger partial charge in [-0.25, -0.2) is 26.6 Å². The summed E-state index contributed by atoms with van der Waals surface area (Å²) < 4.78 is 70.9. The van der Waals surface area contributed by atoms with Crippen LogP contribution in [0.5, 0.6) is 0 Å². The minimum Gasteiger partial charge on any atom is -0.344 e. The molecule has 2 aliphatic rings. The van der Waals surface area contributed by atoms with E-state index in [-0.39, 0.29) is 13.1 Å². The second kappa shape index (κ2) is 6.46. The zero-order valence-electron chi connectivity index (χ0n) is 13.5. The topological polar surface area (TPSA) is 66.4 Å². The van der Waals surface area contributed by atoms with Crippen LogP contribution in [-0.2, 0) is 10.0 Å². The fraction of sp³-hybridized carbons (Fsp3) is 0.467. The Morgan fingerprint density at radius 2 is 1.73 bits per heavy atom. The lowest BCUT2D eigenvalue weighted by molar-refractivity contribution is 0.377. The highest BCUT2D eigenvalue weighted by atomic mass is 32.2. The number of aromatic nitrogens is 2. The van der Waals surface area contributed by atoms with Gasteiger partial charge in [-0.1, -0.05) is 0 Å². The summed E-state index contributed by atoms with van der Waals surface area (Å²) in [5, 5.41) is 0.739. The lowest BCUT2D eigenvalue weighted by Gasteiger charge is -2.33. The first-order valence-corrected chi connectivity index (χ1v) is 10.3. The van der Waals surface area contributed by atoms with E-state index in [1.165, 1.54) is 11.5 Å². The van der Waals surface area contributed by atoms with Crippen LogP contribution in [0.4, 0.5) is 18.3 Å². The van der Waals surface area contributed by atoms with Gasteiger partial charge in [0.15, 0.2) is 17.5 Å². The van der Waals surface area contributed by atoms with Crippen LogP contribution in [0.15, 0.2) is 17.0 Å². The maximum atomic E-state index is 13.9. The molecule has 11 heteroatoms. The molecule has 2 fully saturated rings. The second-order valence-corrected chi connectivity index (χ2v) is 8.91. The molecule has 1 aliphatic heterocycles. The van der Waals surface area contributed by atoms with Gasteiger partial charge in [0.05, 0.1) is 0 Å². The number of sulfonamides is 1. The highest BCUT2D eigenvalue weighted by Crippen LogP contribution is 2.39. The largest absolute Gasteiger partial charge is 0.344 e. The van der Waals surface area contributed by atoms with Crippen LogP contribution < -0.4 is 4.90 Å². The Kier molecular flexibility index (Phi) is 4.40. The Hall–Kier alpha value is -1.72. The van der Waals surface area contributed by atoms with Crippen LogP contribution in [0.1, 0.15) is 24.6 Å². The number of rotatable bonds is 4. The molecular weight excluding hydrogens is 389 g/mol. The number of benzene rings is 1. The third-order valence-electron chi connectivity index (χ3n) is 4.50.